The van der Waals surface area contributed by atoms with Crippen LogP contribution in [0.25, 0.3) is 0 Å². The van der Waals surface area contributed by atoms with Gasteiger partial charge in [0.15, 0.2) is 6.29 Å². The third-order valence-corrected chi connectivity index (χ3v) is 4.87. The van der Waals surface area contributed by atoms with Crippen LogP contribution >= 0.6 is 0 Å². The summed E-state index contributed by atoms with van der Waals surface area (Å²) in [6.45, 7) is 1.14. The van der Waals surface area contributed by atoms with Crippen molar-refractivity contribution in [2.75, 3.05) is 24.7 Å². The molecule has 2 heterocycles. The molecule has 0 aliphatic carbocycles. The summed E-state index contributed by atoms with van der Waals surface area (Å²) in [4.78, 5) is 13.4. The van der Waals surface area contributed by atoms with Crippen LogP contribution < -0.4 is 10.0 Å². The molecule has 114 valence electrons. The smallest absolute Gasteiger partial charge is 0.228 e. The number of nitrogens with two attached hydrogens (primary N) is 1. The zero-order valence-corrected chi connectivity index (χ0v) is 12.1. The zero-order chi connectivity index (χ0) is 15.0. The minimum atomic E-state index is -3.71. The normalized spacial score (nSPS) is 24.0. The summed E-state index contributed by atoms with van der Waals surface area (Å²) < 4.78 is 33.6. The van der Waals surface area contributed by atoms with Gasteiger partial charge in [-0.3, -0.25) is 4.79 Å². The highest BCUT2D eigenvalue weighted by Crippen LogP contribution is 2.29. The zero-order valence-electron chi connectivity index (χ0n) is 11.3. The molecule has 0 aromatic heterocycles. The summed E-state index contributed by atoms with van der Waals surface area (Å²) in [6.07, 6.45) is -0.517. The highest BCUT2D eigenvalue weighted by atomic mass is 32.2. The predicted molar refractivity (Wildman–Crippen MR) is 75.0 cm³/mol. The maximum absolute atomic E-state index is 12.0. The molecule has 8 heteroatoms. The Hall–Kier alpha value is -1.48. The van der Waals surface area contributed by atoms with E-state index in [1.165, 1.54) is 4.90 Å². The van der Waals surface area contributed by atoms with E-state index in [4.69, 9.17) is 14.6 Å². The van der Waals surface area contributed by atoms with Gasteiger partial charge >= 0.3 is 0 Å². The number of carbonyl (C=O) groups is 1. The van der Waals surface area contributed by atoms with E-state index in [1.807, 2.05) is 6.07 Å². The second-order valence-electron chi connectivity index (χ2n) is 5.09. The van der Waals surface area contributed by atoms with Crippen LogP contribution in [0.15, 0.2) is 24.3 Å². The van der Waals surface area contributed by atoms with Crippen molar-refractivity contribution in [1.29, 1.82) is 0 Å². The molecule has 0 bridgehead atoms. The lowest BCUT2D eigenvalue weighted by Gasteiger charge is -2.18. The van der Waals surface area contributed by atoms with Gasteiger partial charge in [0, 0.05) is 24.2 Å². The fourth-order valence-corrected chi connectivity index (χ4v) is 3.27. The van der Waals surface area contributed by atoms with Gasteiger partial charge in [-0.1, -0.05) is 12.1 Å². The van der Waals surface area contributed by atoms with Crippen molar-refractivity contribution in [1.82, 2.24) is 0 Å². The number of amides is 1. The number of sulfonamides is 1. The maximum atomic E-state index is 12.0. The highest BCUT2D eigenvalue weighted by molar-refractivity contribution is 7.89. The van der Waals surface area contributed by atoms with E-state index < -0.39 is 21.6 Å². The topological polar surface area (TPSA) is 98.9 Å². The largest absolute Gasteiger partial charge is 0.346 e. The number of benzene rings is 1. The van der Waals surface area contributed by atoms with Gasteiger partial charge in [-0.2, -0.15) is 0 Å². The Kier molecular flexibility index (Phi) is 3.70. The Morgan fingerprint density at radius 1 is 1.24 bits per heavy atom. The molecule has 2 fully saturated rings. The molecule has 0 saturated carbocycles. The van der Waals surface area contributed by atoms with E-state index in [9.17, 15) is 13.2 Å². The summed E-state index contributed by atoms with van der Waals surface area (Å²) in [5, 5.41) is 4.27. The van der Waals surface area contributed by atoms with Gasteiger partial charge in [-0.25, -0.2) is 13.6 Å². The predicted octanol–water partition coefficient (Wildman–Crippen LogP) is 0.126. The minimum Gasteiger partial charge on any atom is -0.346 e. The van der Waals surface area contributed by atoms with Crippen LogP contribution in [0.4, 0.5) is 5.69 Å². The Bertz CT molecular complexity index is 654. The van der Waals surface area contributed by atoms with E-state index >= 15 is 0 Å². The van der Waals surface area contributed by atoms with Gasteiger partial charge in [0.25, 0.3) is 0 Å². The first-order chi connectivity index (χ1) is 9.95. The second-order valence-corrected chi connectivity index (χ2v) is 6.93. The SMILES string of the molecule is NS(=O)(=O)C1CC(=O)N(c2cccc(C3OCCO3)c2)C1. The van der Waals surface area contributed by atoms with E-state index in [1.54, 1.807) is 18.2 Å². The van der Waals surface area contributed by atoms with Crippen LogP contribution in [0.1, 0.15) is 18.3 Å². The van der Waals surface area contributed by atoms with Crippen LogP contribution in [0, 0.1) is 0 Å². The molecule has 2 saturated heterocycles. The number of anilines is 1. The Morgan fingerprint density at radius 2 is 1.95 bits per heavy atom. The monoisotopic (exact) mass is 312 g/mol. The van der Waals surface area contributed by atoms with Gasteiger partial charge in [0.05, 0.1) is 13.2 Å². The fraction of sp³-hybridized carbons (Fsp3) is 0.462. The summed E-state index contributed by atoms with van der Waals surface area (Å²) >= 11 is 0. The van der Waals surface area contributed by atoms with Crippen molar-refractivity contribution in [2.24, 2.45) is 5.14 Å². The van der Waals surface area contributed by atoms with Crippen molar-refractivity contribution in [3.63, 3.8) is 0 Å². The number of primary sulfonamides is 1. The van der Waals surface area contributed by atoms with E-state index in [-0.39, 0.29) is 18.9 Å². The van der Waals surface area contributed by atoms with Crippen LogP contribution in [0.5, 0.6) is 0 Å². The molecule has 1 aromatic rings. The number of carbonyl (C=O) groups excluding carboxylic acids is 1. The van der Waals surface area contributed by atoms with Crippen molar-refractivity contribution in [2.45, 2.75) is 18.0 Å². The molecular weight excluding hydrogens is 296 g/mol. The van der Waals surface area contributed by atoms with Crippen molar-refractivity contribution in [3.8, 4) is 0 Å². The van der Waals surface area contributed by atoms with Gasteiger partial charge in [-0.05, 0) is 12.1 Å². The van der Waals surface area contributed by atoms with Gasteiger partial charge in [0.1, 0.15) is 5.25 Å². The van der Waals surface area contributed by atoms with Crippen molar-refractivity contribution < 1.29 is 22.7 Å². The highest BCUT2D eigenvalue weighted by Gasteiger charge is 2.37. The lowest BCUT2D eigenvalue weighted by molar-refractivity contribution is -0.117. The standard InChI is InChI=1S/C13H16N2O5S/c14-21(17,18)11-7-12(16)15(8-11)10-3-1-2-9(6-10)13-19-4-5-20-13/h1-3,6,11,13H,4-5,7-8H2,(H2,14,17,18). The molecule has 3 rings (SSSR count). The first-order valence-corrected chi connectivity index (χ1v) is 8.21. The summed E-state index contributed by atoms with van der Waals surface area (Å²) in [6, 6.07) is 7.16. The van der Waals surface area contributed by atoms with Gasteiger partial charge < -0.3 is 14.4 Å². The van der Waals surface area contributed by atoms with Crippen LogP contribution in [-0.2, 0) is 24.3 Å². The molecule has 7 nitrogen and oxygen atoms in total. The summed E-state index contributed by atoms with van der Waals surface area (Å²) in [7, 11) is -3.71. The molecule has 1 amide bonds. The lowest BCUT2D eigenvalue weighted by Crippen LogP contribution is -2.32. The van der Waals surface area contributed by atoms with Gasteiger partial charge in [-0.15, -0.1) is 0 Å². The number of hydrogen-bond acceptors (Lipinski definition) is 5. The van der Waals surface area contributed by atoms with E-state index in [2.05, 4.69) is 0 Å². The number of nitrogens with zero attached hydrogens (tertiary/aromatic N) is 1. The third-order valence-electron chi connectivity index (χ3n) is 3.63. The van der Waals surface area contributed by atoms with Crippen LogP contribution in [-0.4, -0.2) is 39.3 Å². The molecule has 1 atom stereocenters. The third kappa shape index (κ3) is 2.93. The molecule has 1 aromatic carbocycles. The minimum absolute atomic E-state index is 0.0769. The molecular formula is C13H16N2O5S. The average Bonchev–Trinajstić information content (AvgIpc) is 3.07. The summed E-state index contributed by atoms with van der Waals surface area (Å²) in [5.74, 6) is -0.251. The van der Waals surface area contributed by atoms with Crippen LogP contribution in [0.2, 0.25) is 0 Å². The van der Waals surface area contributed by atoms with Crippen molar-refractivity contribution >= 4 is 21.6 Å². The number of rotatable bonds is 3. The van der Waals surface area contributed by atoms with Crippen LogP contribution in [0.3, 0.4) is 0 Å². The van der Waals surface area contributed by atoms with E-state index in [0.717, 1.165) is 5.56 Å². The van der Waals surface area contributed by atoms with E-state index in [0.29, 0.717) is 18.9 Å². The summed E-state index contributed by atoms with van der Waals surface area (Å²) in [5.41, 5.74) is 1.43. The average molecular weight is 312 g/mol. The number of ether oxygens (including phenoxy) is 2. The second kappa shape index (κ2) is 5.38. The Balaban J connectivity index is 1.84. The lowest BCUT2D eigenvalue weighted by atomic mass is 10.2. The first kappa shape index (κ1) is 14.5. The Labute approximate surface area is 122 Å². The maximum Gasteiger partial charge on any atom is 0.228 e. The molecule has 2 aliphatic heterocycles. The molecule has 21 heavy (non-hydrogen) atoms. The molecule has 0 radical (unpaired) electrons. The molecule has 1 unspecified atom stereocenters. The Morgan fingerprint density at radius 3 is 2.57 bits per heavy atom. The quantitative estimate of drug-likeness (QED) is 0.855. The molecule has 2 aliphatic rings. The number of hydrogen-bond donors (Lipinski definition) is 1. The molecule has 2 N–H and O–H groups in total. The van der Waals surface area contributed by atoms with Crippen molar-refractivity contribution in [3.05, 3.63) is 29.8 Å². The van der Waals surface area contributed by atoms with Gasteiger partial charge in [0.2, 0.25) is 15.9 Å². The first-order valence-electron chi connectivity index (χ1n) is 6.60. The fourth-order valence-electron chi connectivity index (χ4n) is 2.53. The molecule has 0 spiro atoms.